The van der Waals surface area contributed by atoms with Crippen molar-refractivity contribution in [1.29, 1.82) is 0 Å². The highest BCUT2D eigenvalue weighted by atomic mass is 32.1. The van der Waals surface area contributed by atoms with Crippen LogP contribution < -0.4 is 16.0 Å². The first-order valence-corrected chi connectivity index (χ1v) is 10.6. The zero-order chi connectivity index (χ0) is 22.7. The Labute approximate surface area is 189 Å². The summed E-state index contributed by atoms with van der Waals surface area (Å²) in [5.74, 6) is 0. The summed E-state index contributed by atoms with van der Waals surface area (Å²) >= 11 is 4.71. The molecule has 0 aliphatic carbocycles. The standard InChI is InChI=1S/C14H20N2O2S.C9H11N3/c1-14(2,3)18-13(17)16-9-12-6-4-5-11(7-12)8-15-10-19;1-10-6-7-2-4-11-9-8(7)3-5-12-9/h4-7,10H,8-9H2,1-3H3,(H,15,19)(H,16,17);2-5,10H,6H2,1H3,(H,11,12). The monoisotopic (exact) mass is 441 g/mol. The lowest BCUT2D eigenvalue weighted by Crippen LogP contribution is -2.32. The maximum absolute atomic E-state index is 11.5. The first-order chi connectivity index (χ1) is 14.8. The molecule has 0 bridgehead atoms. The summed E-state index contributed by atoms with van der Waals surface area (Å²) in [6.07, 6.45) is 3.33. The van der Waals surface area contributed by atoms with Crippen molar-refractivity contribution >= 4 is 34.8 Å². The number of nitrogens with zero attached hydrogens (tertiary/aromatic N) is 1. The maximum Gasteiger partial charge on any atom is 0.407 e. The number of aromatic amines is 1. The first-order valence-electron chi connectivity index (χ1n) is 10.1. The minimum Gasteiger partial charge on any atom is -0.444 e. The highest BCUT2D eigenvalue weighted by molar-refractivity contribution is 7.78. The molecule has 0 atom stereocenters. The van der Waals surface area contributed by atoms with Crippen LogP contribution in [0.25, 0.3) is 11.0 Å². The summed E-state index contributed by atoms with van der Waals surface area (Å²) in [5, 5.41) is 10.0. The van der Waals surface area contributed by atoms with E-state index in [0.717, 1.165) is 23.3 Å². The number of carbonyl (C=O) groups excluding carboxylic acids is 1. The molecule has 166 valence electrons. The molecule has 0 radical (unpaired) electrons. The summed E-state index contributed by atoms with van der Waals surface area (Å²) in [5.41, 5.74) is 5.39. The summed E-state index contributed by atoms with van der Waals surface area (Å²) in [6, 6.07) is 12.0. The molecule has 0 aliphatic rings. The van der Waals surface area contributed by atoms with Gasteiger partial charge in [-0.15, -0.1) is 0 Å². The second kappa shape index (κ2) is 12.0. The van der Waals surface area contributed by atoms with Crippen LogP contribution in [0.3, 0.4) is 0 Å². The summed E-state index contributed by atoms with van der Waals surface area (Å²) in [4.78, 5) is 18.8. The van der Waals surface area contributed by atoms with Gasteiger partial charge in [-0.1, -0.05) is 36.5 Å². The minimum absolute atomic E-state index is 0.407. The van der Waals surface area contributed by atoms with Gasteiger partial charge >= 0.3 is 6.09 Å². The fraction of sp³-hybridized carbons (Fsp3) is 0.348. The molecule has 0 unspecified atom stereocenters. The third-order valence-corrected chi connectivity index (χ3v) is 4.30. The molecule has 8 heteroatoms. The van der Waals surface area contributed by atoms with Gasteiger partial charge in [0.2, 0.25) is 0 Å². The number of amides is 1. The average molecular weight is 442 g/mol. The van der Waals surface area contributed by atoms with E-state index in [1.54, 1.807) is 0 Å². The highest BCUT2D eigenvalue weighted by Gasteiger charge is 2.15. The van der Waals surface area contributed by atoms with Crippen LogP contribution in [0.1, 0.15) is 37.5 Å². The molecule has 0 spiro atoms. The number of alkyl carbamates (subject to hydrolysis) is 1. The molecule has 3 rings (SSSR count). The molecule has 2 heterocycles. The lowest BCUT2D eigenvalue weighted by Gasteiger charge is -2.19. The zero-order valence-electron chi connectivity index (χ0n) is 18.5. The van der Waals surface area contributed by atoms with Crippen molar-refractivity contribution in [3.8, 4) is 0 Å². The molecule has 3 aromatic rings. The van der Waals surface area contributed by atoms with E-state index in [-0.39, 0.29) is 0 Å². The number of pyridine rings is 1. The van der Waals surface area contributed by atoms with Crippen molar-refractivity contribution in [2.45, 2.75) is 46.0 Å². The van der Waals surface area contributed by atoms with Crippen LogP contribution in [-0.2, 0) is 24.4 Å². The van der Waals surface area contributed by atoms with Crippen LogP contribution in [0, 0.1) is 0 Å². The molecule has 4 N–H and O–H groups in total. The van der Waals surface area contributed by atoms with Crippen LogP contribution in [-0.4, -0.2) is 34.2 Å². The van der Waals surface area contributed by atoms with E-state index in [1.165, 1.54) is 16.4 Å². The third-order valence-electron chi connectivity index (χ3n) is 4.13. The Hall–Kier alpha value is -2.97. The van der Waals surface area contributed by atoms with E-state index in [4.69, 9.17) is 17.0 Å². The van der Waals surface area contributed by atoms with Gasteiger partial charge in [0.25, 0.3) is 0 Å². The normalized spacial score (nSPS) is 10.7. The number of rotatable bonds is 7. The molecular formula is C23H31N5O2S. The van der Waals surface area contributed by atoms with E-state index in [2.05, 4.69) is 32.0 Å². The molecule has 1 aromatic carbocycles. The molecule has 0 saturated carbocycles. The number of carbonyl (C=O) groups is 1. The predicted octanol–water partition coefficient (Wildman–Crippen LogP) is 4.04. The van der Waals surface area contributed by atoms with E-state index in [1.807, 2.05) is 70.5 Å². The number of nitrogens with one attached hydrogen (secondary N) is 4. The van der Waals surface area contributed by atoms with Crippen LogP contribution in [0.5, 0.6) is 0 Å². The number of aromatic nitrogens is 2. The van der Waals surface area contributed by atoms with Gasteiger partial charge in [0, 0.05) is 37.4 Å². The maximum atomic E-state index is 11.5. The van der Waals surface area contributed by atoms with Crippen LogP contribution >= 0.6 is 12.2 Å². The predicted molar refractivity (Wildman–Crippen MR) is 129 cm³/mol. The molecule has 31 heavy (non-hydrogen) atoms. The van der Waals surface area contributed by atoms with Gasteiger partial charge in [-0.05, 0) is 56.6 Å². The van der Waals surface area contributed by atoms with Crippen molar-refractivity contribution in [3.63, 3.8) is 0 Å². The van der Waals surface area contributed by atoms with Crippen LogP contribution in [0.15, 0.2) is 48.8 Å². The number of H-pyrrole nitrogens is 1. The lowest BCUT2D eigenvalue weighted by atomic mass is 10.1. The fourth-order valence-electron chi connectivity index (χ4n) is 2.86. The molecule has 0 saturated heterocycles. The van der Waals surface area contributed by atoms with Crippen molar-refractivity contribution in [2.24, 2.45) is 0 Å². The molecule has 0 fully saturated rings. The molecule has 2 aromatic heterocycles. The van der Waals surface area contributed by atoms with Crippen LogP contribution in [0.2, 0.25) is 0 Å². The number of ether oxygens (including phenoxy) is 1. The number of thiocarbonyl (C=S) groups is 1. The smallest absolute Gasteiger partial charge is 0.407 e. The Morgan fingerprint density at radius 1 is 1.16 bits per heavy atom. The van der Waals surface area contributed by atoms with Gasteiger partial charge < -0.3 is 25.7 Å². The molecular weight excluding hydrogens is 410 g/mol. The zero-order valence-corrected chi connectivity index (χ0v) is 19.3. The highest BCUT2D eigenvalue weighted by Crippen LogP contribution is 2.14. The largest absolute Gasteiger partial charge is 0.444 e. The quantitative estimate of drug-likeness (QED) is 0.414. The number of benzene rings is 1. The van der Waals surface area contributed by atoms with Gasteiger partial charge in [0.1, 0.15) is 11.2 Å². The minimum atomic E-state index is -0.477. The third kappa shape index (κ3) is 8.74. The second-order valence-electron chi connectivity index (χ2n) is 7.91. The van der Waals surface area contributed by atoms with Gasteiger partial charge in [0.15, 0.2) is 0 Å². The summed E-state index contributed by atoms with van der Waals surface area (Å²) in [6.45, 7) is 7.53. The number of hydrogen-bond acceptors (Lipinski definition) is 5. The Kier molecular flexibility index (Phi) is 9.42. The van der Waals surface area contributed by atoms with Gasteiger partial charge in [-0.3, -0.25) is 0 Å². The topological polar surface area (TPSA) is 91.1 Å². The van der Waals surface area contributed by atoms with E-state index in [9.17, 15) is 4.79 Å². The van der Waals surface area contributed by atoms with E-state index < -0.39 is 11.7 Å². The van der Waals surface area contributed by atoms with Gasteiger partial charge in [-0.25, -0.2) is 9.78 Å². The van der Waals surface area contributed by atoms with Gasteiger partial charge in [-0.2, -0.15) is 0 Å². The first kappa shape index (κ1) is 24.3. The van der Waals surface area contributed by atoms with Crippen molar-refractivity contribution in [3.05, 3.63) is 65.5 Å². The Morgan fingerprint density at radius 2 is 1.90 bits per heavy atom. The second-order valence-corrected chi connectivity index (χ2v) is 8.15. The number of fused-ring (bicyclic) bond motifs is 1. The van der Waals surface area contributed by atoms with Gasteiger partial charge in [0.05, 0.1) is 5.49 Å². The number of hydrogen-bond donors (Lipinski definition) is 4. The van der Waals surface area contributed by atoms with E-state index >= 15 is 0 Å². The fourth-order valence-corrected chi connectivity index (χ4v) is 2.94. The summed E-state index contributed by atoms with van der Waals surface area (Å²) in [7, 11) is 1.94. The average Bonchev–Trinajstić information content (AvgIpc) is 3.20. The van der Waals surface area contributed by atoms with Crippen molar-refractivity contribution in [1.82, 2.24) is 25.9 Å². The van der Waals surface area contributed by atoms with Crippen molar-refractivity contribution < 1.29 is 9.53 Å². The van der Waals surface area contributed by atoms with Crippen molar-refractivity contribution in [2.75, 3.05) is 7.05 Å². The lowest BCUT2D eigenvalue weighted by molar-refractivity contribution is 0.0523. The molecule has 1 amide bonds. The molecule has 7 nitrogen and oxygen atoms in total. The molecule has 0 aliphatic heterocycles. The SMILES string of the molecule is CC(C)(C)OC(=O)NCc1cccc(CNC=S)c1.CNCc1ccnc2[nH]ccc12. The Bertz CT molecular complexity index is 981. The Balaban J connectivity index is 0.000000242. The Morgan fingerprint density at radius 3 is 2.58 bits per heavy atom. The summed E-state index contributed by atoms with van der Waals surface area (Å²) < 4.78 is 5.17. The van der Waals surface area contributed by atoms with E-state index in [0.29, 0.717) is 13.1 Å². The van der Waals surface area contributed by atoms with Crippen LogP contribution in [0.4, 0.5) is 4.79 Å².